The van der Waals surface area contributed by atoms with Crippen LogP contribution < -0.4 is 0 Å². The summed E-state index contributed by atoms with van der Waals surface area (Å²) in [6.07, 6.45) is 2.37. The van der Waals surface area contributed by atoms with E-state index in [1.807, 2.05) is 13.8 Å². The lowest BCUT2D eigenvalue weighted by Crippen LogP contribution is -2.48. The van der Waals surface area contributed by atoms with Crippen LogP contribution in [-0.4, -0.2) is 21.8 Å². The Kier molecular flexibility index (Phi) is 5.94. The highest BCUT2D eigenvalue weighted by Crippen LogP contribution is 2.42. The fourth-order valence-corrected chi connectivity index (χ4v) is 4.51. The van der Waals surface area contributed by atoms with Crippen LogP contribution in [0.4, 0.5) is 0 Å². The lowest BCUT2D eigenvalue weighted by atomic mass is 10.1. The largest absolute Gasteiger partial charge is 0.394 e. The van der Waals surface area contributed by atoms with Crippen molar-refractivity contribution in [3.05, 3.63) is 0 Å². The Morgan fingerprint density at radius 2 is 1.43 bits per heavy atom. The van der Waals surface area contributed by atoms with Gasteiger partial charge in [0.2, 0.25) is 0 Å². The zero-order valence-corrected chi connectivity index (χ0v) is 11.6. The first-order chi connectivity index (χ1) is 6.43. The third-order valence-corrected chi connectivity index (χ3v) is 7.33. The van der Waals surface area contributed by atoms with E-state index in [0.29, 0.717) is 0 Å². The van der Waals surface area contributed by atoms with Crippen molar-refractivity contribution in [3.8, 4) is 0 Å². The van der Waals surface area contributed by atoms with Gasteiger partial charge in [-0.15, -0.1) is 0 Å². The van der Waals surface area contributed by atoms with E-state index in [1.54, 1.807) is 0 Å². The lowest BCUT2D eigenvalue weighted by Gasteiger charge is -2.40. The standard InChI is InChI=1S/C11H26O2Si/c1-7-10-11(4,5)14(6,12-8-2)13-9-3/h7-10H2,1-6H3. The summed E-state index contributed by atoms with van der Waals surface area (Å²) in [4.78, 5) is 0. The van der Waals surface area contributed by atoms with Crippen molar-refractivity contribution >= 4 is 8.56 Å². The molecule has 0 fully saturated rings. The quantitative estimate of drug-likeness (QED) is 0.606. The van der Waals surface area contributed by atoms with Crippen molar-refractivity contribution in [1.82, 2.24) is 0 Å². The van der Waals surface area contributed by atoms with E-state index in [9.17, 15) is 0 Å². The molecule has 0 aliphatic heterocycles. The third-order valence-electron chi connectivity index (χ3n) is 2.94. The normalized spacial score (nSPS) is 13.3. The van der Waals surface area contributed by atoms with Crippen molar-refractivity contribution in [3.63, 3.8) is 0 Å². The summed E-state index contributed by atoms with van der Waals surface area (Å²) < 4.78 is 11.8. The Balaban J connectivity index is 4.59. The summed E-state index contributed by atoms with van der Waals surface area (Å²) in [5.41, 5.74) is 0. The van der Waals surface area contributed by atoms with Crippen LogP contribution in [-0.2, 0) is 8.85 Å². The van der Waals surface area contributed by atoms with Crippen LogP contribution in [0.3, 0.4) is 0 Å². The van der Waals surface area contributed by atoms with Gasteiger partial charge in [-0.2, -0.15) is 0 Å². The minimum Gasteiger partial charge on any atom is -0.394 e. The highest BCUT2D eigenvalue weighted by molar-refractivity contribution is 6.69. The Labute approximate surface area is 90.2 Å². The van der Waals surface area contributed by atoms with E-state index in [4.69, 9.17) is 8.85 Å². The first-order valence-electron chi connectivity index (χ1n) is 5.71. The summed E-state index contributed by atoms with van der Waals surface area (Å²) in [6.45, 7) is 14.6. The highest BCUT2D eigenvalue weighted by Gasteiger charge is 2.46. The molecule has 0 radical (unpaired) electrons. The molecule has 0 bridgehead atoms. The summed E-state index contributed by atoms with van der Waals surface area (Å²) in [6, 6.07) is 0. The van der Waals surface area contributed by atoms with Crippen LogP contribution in [0.1, 0.15) is 47.5 Å². The molecule has 0 saturated heterocycles. The lowest BCUT2D eigenvalue weighted by molar-refractivity contribution is 0.161. The number of rotatable bonds is 7. The molecular weight excluding hydrogens is 192 g/mol. The Hall–Kier alpha value is 0.137. The maximum atomic E-state index is 5.90. The van der Waals surface area contributed by atoms with Gasteiger partial charge in [-0.1, -0.05) is 27.2 Å². The third kappa shape index (κ3) is 3.37. The maximum Gasteiger partial charge on any atom is 0.340 e. The SMILES string of the molecule is CCCC(C)(C)[Si](C)(OCC)OCC. The van der Waals surface area contributed by atoms with Crippen molar-refractivity contribution < 1.29 is 8.85 Å². The first kappa shape index (κ1) is 14.1. The molecule has 0 aliphatic carbocycles. The predicted molar refractivity (Wildman–Crippen MR) is 63.8 cm³/mol. The van der Waals surface area contributed by atoms with E-state index in [-0.39, 0.29) is 5.04 Å². The molecule has 0 aromatic carbocycles. The number of hydrogen-bond donors (Lipinski definition) is 0. The molecule has 0 saturated carbocycles. The van der Waals surface area contributed by atoms with Crippen molar-refractivity contribution in [2.75, 3.05) is 13.2 Å². The highest BCUT2D eigenvalue weighted by atomic mass is 28.4. The fourth-order valence-electron chi connectivity index (χ4n) is 1.84. The topological polar surface area (TPSA) is 18.5 Å². The number of hydrogen-bond acceptors (Lipinski definition) is 2. The average Bonchev–Trinajstić information content (AvgIpc) is 2.04. The molecule has 0 rings (SSSR count). The smallest absolute Gasteiger partial charge is 0.340 e. The molecular formula is C11H26O2Si. The molecule has 0 aliphatic rings. The van der Waals surface area contributed by atoms with Crippen LogP contribution in [0.2, 0.25) is 11.6 Å². The van der Waals surface area contributed by atoms with Gasteiger partial charge in [0, 0.05) is 18.3 Å². The van der Waals surface area contributed by atoms with Crippen LogP contribution in [0.5, 0.6) is 0 Å². The van der Waals surface area contributed by atoms with Gasteiger partial charge in [-0.05, 0) is 26.8 Å². The van der Waals surface area contributed by atoms with E-state index >= 15 is 0 Å². The predicted octanol–water partition coefficient (Wildman–Crippen LogP) is 3.71. The minimum absolute atomic E-state index is 0.202. The zero-order valence-electron chi connectivity index (χ0n) is 10.6. The molecule has 0 aromatic heterocycles. The molecule has 14 heavy (non-hydrogen) atoms. The van der Waals surface area contributed by atoms with E-state index < -0.39 is 8.56 Å². The van der Waals surface area contributed by atoms with Crippen molar-refractivity contribution in [2.45, 2.75) is 59.0 Å². The second kappa shape index (κ2) is 5.88. The van der Waals surface area contributed by atoms with Gasteiger partial charge < -0.3 is 8.85 Å². The van der Waals surface area contributed by atoms with E-state index in [2.05, 4.69) is 27.3 Å². The maximum absolute atomic E-state index is 5.90. The molecule has 0 unspecified atom stereocenters. The second-order valence-electron chi connectivity index (χ2n) is 4.45. The molecule has 0 spiro atoms. The first-order valence-corrected chi connectivity index (χ1v) is 8.03. The Morgan fingerprint density at radius 3 is 1.71 bits per heavy atom. The van der Waals surface area contributed by atoms with E-state index in [1.165, 1.54) is 12.8 Å². The van der Waals surface area contributed by atoms with Gasteiger partial charge in [0.05, 0.1) is 0 Å². The molecule has 0 N–H and O–H groups in total. The van der Waals surface area contributed by atoms with Gasteiger partial charge in [0.25, 0.3) is 0 Å². The van der Waals surface area contributed by atoms with Gasteiger partial charge >= 0.3 is 8.56 Å². The molecule has 0 aromatic rings. The second-order valence-corrected chi connectivity index (χ2v) is 8.27. The van der Waals surface area contributed by atoms with Crippen LogP contribution in [0.15, 0.2) is 0 Å². The van der Waals surface area contributed by atoms with Crippen LogP contribution in [0, 0.1) is 0 Å². The summed E-state index contributed by atoms with van der Waals surface area (Å²) in [7, 11) is -2.00. The van der Waals surface area contributed by atoms with Crippen LogP contribution in [0.25, 0.3) is 0 Å². The minimum atomic E-state index is -2.00. The van der Waals surface area contributed by atoms with Gasteiger partial charge in [0.15, 0.2) is 0 Å². The van der Waals surface area contributed by atoms with Crippen molar-refractivity contribution in [2.24, 2.45) is 0 Å². The monoisotopic (exact) mass is 218 g/mol. The Morgan fingerprint density at radius 1 is 1.00 bits per heavy atom. The summed E-state index contributed by atoms with van der Waals surface area (Å²) >= 11 is 0. The summed E-state index contributed by atoms with van der Waals surface area (Å²) in [5.74, 6) is 0. The van der Waals surface area contributed by atoms with Gasteiger partial charge in [-0.25, -0.2) is 0 Å². The zero-order chi connectivity index (χ0) is 11.2. The molecule has 0 amide bonds. The molecule has 0 heterocycles. The Bertz CT molecular complexity index is 151. The van der Waals surface area contributed by atoms with Gasteiger partial charge in [0.1, 0.15) is 0 Å². The van der Waals surface area contributed by atoms with Crippen LogP contribution >= 0.6 is 0 Å². The molecule has 3 heteroatoms. The van der Waals surface area contributed by atoms with Crippen molar-refractivity contribution in [1.29, 1.82) is 0 Å². The van der Waals surface area contributed by atoms with E-state index in [0.717, 1.165) is 13.2 Å². The summed E-state index contributed by atoms with van der Waals surface area (Å²) in [5, 5.41) is 0.202. The molecule has 86 valence electrons. The fraction of sp³-hybridized carbons (Fsp3) is 1.00. The average molecular weight is 218 g/mol. The molecule has 0 atom stereocenters. The molecule has 2 nitrogen and oxygen atoms in total. The van der Waals surface area contributed by atoms with Gasteiger partial charge in [-0.3, -0.25) is 0 Å².